The van der Waals surface area contributed by atoms with Crippen molar-refractivity contribution in [2.45, 2.75) is 15.5 Å². The van der Waals surface area contributed by atoms with Crippen LogP contribution in [0.5, 0.6) is 0 Å². The maximum Gasteiger partial charge on any atom is 0.175 e. The van der Waals surface area contributed by atoms with Crippen LogP contribution in [0.3, 0.4) is 0 Å². The van der Waals surface area contributed by atoms with E-state index in [-0.39, 0.29) is 10.7 Å². The Balaban J connectivity index is 2.19. The minimum Gasteiger partial charge on any atom is -0.398 e. The summed E-state index contributed by atoms with van der Waals surface area (Å²) in [5.74, 6) is 0.315. The summed E-state index contributed by atoms with van der Waals surface area (Å²) in [4.78, 5) is 0.950. The van der Waals surface area contributed by atoms with Gasteiger partial charge in [0, 0.05) is 22.6 Å². The molecule has 0 amide bonds. The topological polar surface area (TPSA) is 60.2 Å². The second-order valence-electron chi connectivity index (χ2n) is 4.39. The highest BCUT2D eigenvalue weighted by Crippen LogP contribution is 2.30. The number of benzene rings is 2. The molecule has 2 aromatic rings. The number of thioether (sulfide) groups is 1. The van der Waals surface area contributed by atoms with Gasteiger partial charge in [-0.25, -0.2) is 12.8 Å². The summed E-state index contributed by atoms with van der Waals surface area (Å²) >= 11 is 1.42. The smallest absolute Gasteiger partial charge is 0.175 e. The number of sulfone groups is 1. The van der Waals surface area contributed by atoms with Gasteiger partial charge in [-0.15, -0.1) is 11.8 Å². The largest absolute Gasteiger partial charge is 0.398 e. The Morgan fingerprint density at radius 2 is 1.80 bits per heavy atom. The van der Waals surface area contributed by atoms with E-state index in [1.165, 1.54) is 30.0 Å². The molecule has 0 saturated carbocycles. The number of anilines is 1. The maximum absolute atomic E-state index is 12.8. The van der Waals surface area contributed by atoms with Crippen molar-refractivity contribution in [2.24, 2.45) is 0 Å². The van der Waals surface area contributed by atoms with Gasteiger partial charge in [0.2, 0.25) is 0 Å². The normalized spacial score (nSPS) is 11.5. The standard InChI is InChI=1S/C14H14FNO2S2/c1-20(17,18)12-6-7-13(16)14(8-12)19-9-10-2-4-11(15)5-3-10/h2-8H,9,16H2,1H3. The second kappa shape index (κ2) is 5.85. The molecule has 2 rings (SSSR count). The Bertz CT molecular complexity index is 712. The number of nitrogen functional groups attached to an aromatic ring is 1. The predicted molar refractivity (Wildman–Crippen MR) is 79.9 cm³/mol. The molecule has 106 valence electrons. The Morgan fingerprint density at radius 3 is 2.40 bits per heavy atom. The lowest BCUT2D eigenvalue weighted by atomic mass is 10.2. The van der Waals surface area contributed by atoms with Crippen molar-refractivity contribution in [1.29, 1.82) is 0 Å². The molecule has 0 unspecified atom stereocenters. The van der Waals surface area contributed by atoms with Crippen LogP contribution in [0.15, 0.2) is 52.3 Å². The Labute approximate surface area is 121 Å². The molecule has 0 aliphatic heterocycles. The first-order chi connectivity index (χ1) is 9.36. The van der Waals surface area contributed by atoms with Crippen molar-refractivity contribution >= 4 is 27.3 Å². The maximum atomic E-state index is 12.8. The molecular formula is C14H14FNO2S2. The van der Waals surface area contributed by atoms with Crippen LogP contribution < -0.4 is 5.73 Å². The molecule has 2 N–H and O–H groups in total. The molecule has 0 atom stereocenters. The average molecular weight is 311 g/mol. The Kier molecular flexibility index (Phi) is 4.35. The zero-order valence-corrected chi connectivity index (χ0v) is 12.5. The molecule has 6 heteroatoms. The SMILES string of the molecule is CS(=O)(=O)c1ccc(N)c(SCc2ccc(F)cc2)c1. The predicted octanol–water partition coefficient (Wildman–Crippen LogP) is 3.10. The fraction of sp³-hybridized carbons (Fsp3) is 0.143. The fourth-order valence-electron chi connectivity index (χ4n) is 1.61. The van der Waals surface area contributed by atoms with Gasteiger partial charge in [0.05, 0.1) is 4.90 Å². The summed E-state index contributed by atoms with van der Waals surface area (Å²) < 4.78 is 35.8. The van der Waals surface area contributed by atoms with Crippen LogP contribution in [0, 0.1) is 5.82 Å². The Hall–Kier alpha value is -1.53. The van der Waals surface area contributed by atoms with E-state index in [0.717, 1.165) is 11.8 Å². The average Bonchev–Trinajstić information content (AvgIpc) is 2.38. The van der Waals surface area contributed by atoms with Crippen molar-refractivity contribution in [2.75, 3.05) is 12.0 Å². The molecule has 0 aliphatic carbocycles. The van der Waals surface area contributed by atoms with Crippen molar-refractivity contribution in [3.8, 4) is 0 Å². The van der Waals surface area contributed by atoms with Crippen molar-refractivity contribution < 1.29 is 12.8 Å². The molecule has 3 nitrogen and oxygen atoms in total. The molecule has 2 aromatic carbocycles. The molecule has 0 spiro atoms. The summed E-state index contributed by atoms with van der Waals surface area (Å²) in [6, 6.07) is 10.8. The van der Waals surface area contributed by atoms with E-state index in [0.29, 0.717) is 16.3 Å². The van der Waals surface area contributed by atoms with Gasteiger partial charge >= 0.3 is 0 Å². The van der Waals surface area contributed by atoms with Gasteiger partial charge in [-0.3, -0.25) is 0 Å². The fourth-order valence-corrected chi connectivity index (χ4v) is 3.29. The van der Waals surface area contributed by atoms with E-state index >= 15 is 0 Å². The number of halogens is 1. The van der Waals surface area contributed by atoms with E-state index in [9.17, 15) is 12.8 Å². The monoisotopic (exact) mass is 311 g/mol. The molecule has 0 fully saturated rings. The zero-order valence-electron chi connectivity index (χ0n) is 10.8. The van der Waals surface area contributed by atoms with Gasteiger partial charge in [-0.2, -0.15) is 0 Å². The lowest BCUT2D eigenvalue weighted by molar-refractivity contribution is 0.601. The first kappa shape index (κ1) is 14.9. The molecule has 0 aliphatic rings. The zero-order chi connectivity index (χ0) is 14.8. The highest BCUT2D eigenvalue weighted by molar-refractivity contribution is 7.98. The minimum absolute atomic E-state index is 0.244. The summed E-state index contributed by atoms with van der Waals surface area (Å²) in [6.07, 6.45) is 1.16. The molecule has 0 heterocycles. The van der Waals surface area contributed by atoms with E-state index in [4.69, 9.17) is 5.73 Å². The molecular weight excluding hydrogens is 297 g/mol. The van der Waals surface area contributed by atoms with E-state index in [1.54, 1.807) is 24.3 Å². The van der Waals surface area contributed by atoms with Gasteiger partial charge in [0.15, 0.2) is 9.84 Å². The molecule has 20 heavy (non-hydrogen) atoms. The van der Waals surface area contributed by atoms with Crippen molar-refractivity contribution in [3.05, 3.63) is 53.8 Å². The third-order valence-electron chi connectivity index (χ3n) is 2.72. The summed E-state index contributed by atoms with van der Waals surface area (Å²) in [5.41, 5.74) is 7.32. The van der Waals surface area contributed by atoms with Crippen molar-refractivity contribution in [3.63, 3.8) is 0 Å². The summed E-state index contributed by atoms with van der Waals surface area (Å²) in [5, 5.41) is 0. The van der Waals surface area contributed by atoms with E-state index in [1.807, 2.05) is 0 Å². The third-order valence-corrected chi connectivity index (χ3v) is 4.97. The van der Waals surface area contributed by atoms with Gasteiger partial charge in [0.1, 0.15) is 5.82 Å². The van der Waals surface area contributed by atoms with Crippen LogP contribution in [0.1, 0.15) is 5.56 Å². The molecule has 0 bridgehead atoms. The Morgan fingerprint density at radius 1 is 1.15 bits per heavy atom. The molecule has 0 saturated heterocycles. The third kappa shape index (κ3) is 3.74. The van der Waals surface area contributed by atoms with Crippen LogP contribution >= 0.6 is 11.8 Å². The number of hydrogen-bond acceptors (Lipinski definition) is 4. The van der Waals surface area contributed by atoms with Crippen LogP contribution in [0.2, 0.25) is 0 Å². The highest BCUT2D eigenvalue weighted by atomic mass is 32.2. The summed E-state index contributed by atoms with van der Waals surface area (Å²) in [6.45, 7) is 0. The summed E-state index contributed by atoms with van der Waals surface area (Å²) in [7, 11) is -3.25. The minimum atomic E-state index is -3.25. The van der Waals surface area contributed by atoms with Crippen LogP contribution in [0.4, 0.5) is 10.1 Å². The van der Waals surface area contributed by atoms with Crippen LogP contribution in [0.25, 0.3) is 0 Å². The molecule has 0 aromatic heterocycles. The van der Waals surface area contributed by atoms with Crippen LogP contribution in [-0.4, -0.2) is 14.7 Å². The van der Waals surface area contributed by atoms with Gasteiger partial charge in [-0.1, -0.05) is 12.1 Å². The lowest BCUT2D eigenvalue weighted by Gasteiger charge is -2.07. The first-order valence-electron chi connectivity index (χ1n) is 5.83. The van der Waals surface area contributed by atoms with Gasteiger partial charge in [-0.05, 0) is 35.9 Å². The number of hydrogen-bond donors (Lipinski definition) is 1. The van der Waals surface area contributed by atoms with Crippen molar-refractivity contribution in [1.82, 2.24) is 0 Å². The van der Waals surface area contributed by atoms with E-state index in [2.05, 4.69) is 0 Å². The van der Waals surface area contributed by atoms with Crippen LogP contribution in [-0.2, 0) is 15.6 Å². The quantitative estimate of drug-likeness (QED) is 0.696. The highest BCUT2D eigenvalue weighted by Gasteiger charge is 2.10. The second-order valence-corrected chi connectivity index (χ2v) is 7.42. The van der Waals surface area contributed by atoms with E-state index < -0.39 is 9.84 Å². The van der Waals surface area contributed by atoms with Gasteiger partial charge < -0.3 is 5.73 Å². The lowest BCUT2D eigenvalue weighted by Crippen LogP contribution is -1.99. The first-order valence-corrected chi connectivity index (χ1v) is 8.71. The molecule has 0 radical (unpaired) electrons. The van der Waals surface area contributed by atoms with Gasteiger partial charge in [0.25, 0.3) is 0 Å². The number of rotatable bonds is 4. The number of nitrogens with two attached hydrogens (primary N) is 1.